The lowest BCUT2D eigenvalue weighted by atomic mass is 10.0. The summed E-state index contributed by atoms with van der Waals surface area (Å²) in [4.78, 5) is 19.0. The average Bonchev–Trinajstić information content (AvgIpc) is 3.24. The number of rotatable bonds is 2. The van der Waals surface area contributed by atoms with Crippen molar-refractivity contribution in [3.05, 3.63) is 58.1 Å². The Morgan fingerprint density at radius 1 is 1.40 bits per heavy atom. The summed E-state index contributed by atoms with van der Waals surface area (Å²) in [5.74, 6) is -0.566. The largest absolute Gasteiger partial charge is 0.332 e. The normalized spacial score (nSPS) is 17.4. The van der Waals surface area contributed by atoms with Crippen LogP contribution >= 0.6 is 11.6 Å². The molecular formula is C18H16ClFN4O. The van der Waals surface area contributed by atoms with Crippen LogP contribution in [-0.4, -0.2) is 32.5 Å². The van der Waals surface area contributed by atoms with Crippen molar-refractivity contribution in [2.24, 2.45) is 0 Å². The number of halogens is 2. The Hall–Kier alpha value is -2.47. The Balaban J connectivity index is 1.67. The topological polar surface area (TPSA) is 61.9 Å². The lowest BCUT2D eigenvalue weighted by molar-refractivity contribution is 0.0735. The monoisotopic (exact) mass is 358 g/mol. The van der Waals surface area contributed by atoms with Crippen molar-refractivity contribution in [3.63, 3.8) is 0 Å². The second kappa shape index (κ2) is 6.11. The van der Waals surface area contributed by atoms with Crippen LogP contribution < -0.4 is 0 Å². The van der Waals surface area contributed by atoms with E-state index < -0.39 is 5.82 Å². The number of carbonyl (C=O) groups is 1. The summed E-state index contributed by atoms with van der Waals surface area (Å²) in [6.45, 7) is 2.52. The van der Waals surface area contributed by atoms with E-state index in [1.807, 2.05) is 6.92 Å². The van der Waals surface area contributed by atoms with Gasteiger partial charge in [-0.15, -0.1) is 0 Å². The predicted octanol–water partition coefficient (Wildman–Crippen LogP) is 4.04. The maximum absolute atomic E-state index is 13.8. The lowest BCUT2D eigenvalue weighted by Gasteiger charge is -2.25. The predicted molar refractivity (Wildman–Crippen MR) is 93.0 cm³/mol. The van der Waals surface area contributed by atoms with Crippen molar-refractivity contribution in [1.82, 2.24) is 20.1 Å². The van der Waals surface area contributed by atoms with Gasteiger partial charge in [0.2, 0.25) is 0 Å². The molecule has 1 aliphatic heterocycles. The summed E-state index contributed by atoms with van der Waals surface area (Å²) in [5, 5.41) is 7.87. The number of hydrogen-bond donors (Lipinski definition) is 1. The number of amides is 1. The first-order chi connectivity index (χ1) is 12.0. The van der Waals surface area contributed by atoms with E-state index in [9.17, 15) is 9.18 Å². The molecule has 5 nitrogen and oxygen atoms in total. The van der Waals surface area contributed by atoms with Gasteiger partial charge in [0.1, 0.15) is 5.82 Å². The quantitative estimate of drug-likeness (QED) is 0.752. The molecule has 0 unspecified atom stereocenters. The number of nitrogens with zero attached hydrogens (tertiary/aromatic N) is 3. The van der Waals surface area contributed by atoms with E-state index in [1.165, 1.54) is 12.1 Å². The number of carbonyl (C=O) groups excluding carboxylic acids is 1. The van der Waals surface area contributed by atoms with Crippen LogP contribution in [0.5, 0.6) is 0 Å². The molecule has 0 aliphatic carbocycles. The van der Waals surface area contributed by atoms with Crippen LogP contribution in [0.15, 0.2) is 30.5 Å². The van der Waals surface area contributed by atoms with Crippen LogP contribution in [0.25, 0.3) is 11.0 Å². The van der Waals surface area contributed by atoms with Gasteiger partial charge in [0.15, 0.2) is 5.65 Å². The van der Waals surface area contributed by atoms with E-state index in [2.05, 4.69) is 15.2 Å². The zero-order valence-electron chi connectivity index (χ0n) is 13.6. The molecule has 1 saturated heterocycles. The highest BCUT2D eigenvalue weighted by molar-refractivity contribution is 6.30. The number of benzene rings is 1. The van der Waals surface area contributed by atoms with Gasteiger partial charge >= 0.3 is 0 Å². The third-order valence-electron chi connectivity index (χ3n) is 4.69. The molecule has 0 bridgehead atoms. The van der Waals surface area contributed by atoms with Crippen molar-refractivity contribution < 1.29 is 9.18 Å². The number of aromatic amines is 1. The highest BCUT2D eigenvalue weighted by Crippen LogP contribution is 2.34. The standard InChI is InChI=1S/C18H16ClFN4O/c1-10-13-7-12(9-21-17(13)23-22-10)18(25)24-6-2-3-16(24)11-4-5-14(19)15(20)8-11/h4-5,7-9,16H,2-3,6H2,1H3,(H,21,22,23)/t16-/m1/s1. The number of fused-ring (bicyclic) bond motifs is 1. The van der Waals surface area contributed by atoms with Crippen molar-refractivity contribution in [2.45, 2.75) is 25.8 Å². The Labute approximate surface area is 148 Å². The average molecular weight is 359 g/mol. The summed E-state index contributed by atoms with van der Waals surface area (Å²) in [5.41, 5.74) is 2.74. The zero-order valence-corrected chi connectivity index (χ0v) is 14.3. The molecule has 2 aromatic heterocycles. The van der Waals surface area contributed by atoms with Gasteiger partial charge in [0.05, 0.1) is 16.6 Å². The molecule has 1 amide bonds. The van der Waals surface area contributed by atoms with E-state index in [0.717, 1.165) is 29.5 Å². The van der Waals surface area contributed by atoms with Gasteiger partial charge in [-0.1, -0.05) is 17.7 Å². The molecule has 1 atom stereocenters. The van der Waals surface area contributed by atoms with E-state index in [0.29, 0.717) is 17.8 Å². The molecule has 0 saturated carbocycles. The van der Waals surface area contributed by atoms with Crippen LogP contribution in [-0.2, 0) is 0 Å². The number of hydrogen-bond acceptors (Lipinski definition) is 3. The van der Waals surface area contributed by atoms with E-state index in [4.69, 9.17) is 11.6 Å². The molecule has 0 spiro atoms. The number of nitrogens with one attached hydrogen (secondary N) is 1. The summed E-state index contributed by atoms with van der Waals surface area (Å²) in [7, 11) is 0. The fraction of sp³-hybridized carbons (Fsp3) is 0.278. The summed E-state index contributed by atoms with van der Waals surface area (Å²) in [6, 6.07) is 6.39. The van der Waals surface area contributed by atoms with Crippen LogP contribution in [0.2, 0.25) is 5.02 Å². The number of pyridine rings is 1. The van der Waals surface area contributed by atoms with Crippen molar-refractivity contribution >= 4 is 28.5 Å². The van der Waals surface area contributed by atoms with Crippen molar-refractivity contribution in [2.75, 3.05) is 6.54 Å². The minimum atomic E-state index is -0.462. The number of aromatic nitrogens is 3. The van der Waals surface area contributed by atoms with Gasteiger partial charge in [0.25, 0.3) is 5.91 Å². The Morgan fingerprint density at radius 3 is 3.04 bits per heavy atom. The minimum absolute atomic E-state index is 0.0877. The van der Waals surface area contributed by atoms with E-state index in [-0.39, 0.29) is 17.0 Å². The third-order valence-corrected chi connectivity index (χ3v) is 5.00. The van der Waals surface area contributed by atoms with Crippen LogP contribution in [0.4, 0.5) is 4.39 Å². The molecule has 3 aromatic rings. The highest BCUT2D eigenvalue weighted by Gasteiger charge is 2.31. The summed E-state index contributed by atoms with van der Waals surface area (Å²) in [6.07, 6.45) is 3.22. The molecular weight excluding hydrogens is 343 g/mol. The molecule has 25 heavy (non-hydrogen) atoms. The first-order valence-electron chi connectivity index (χ1n) is 8.11. The van der Waals surface area contributed by atoms with E-state index in [1.54, 1.807) is 23.2 Å². The number of aryl methyl sites for hydroxylation is 1. The molecule has 1 aromatic carbocycles. The fourth-order valence-corrected chi connectivity index (χ4v) is 3.50. The van der Waals surface area contributed by atoms with Crippen LogP contribution in [0, 0.1) is 12.7 Å². The van der Waals surface area contributed by atoms with Crippen molar-refractivity contribution in [3.8, 4) is 0 Å². The van der Waals surface area contributed by atoms with Gasteiger partial charge in [-0.25, -0.2) is 9.37 Å². The maximum Gasteiger partial charge on any atom is 0.255 e. The Kier molecular flexibility index (Phi) is 3.92. The fourth-order valence-electron chi connectivity index (χ4n) is 3.38. The van der Waals surface area contributed by atoms with Gasteiger partial charge in [0, 0.05) is 23.8 Å². The molecule has 3 heterocycles. The van der Waals surface area contributed by atoms with Gasteiger partial charge < -0.3 is 4.90 Å². The van der Waals surface area contributed by atoms with Crippen LogP contribution in [0.3, 0.4) is 0 Å². The Morgan fingerprint density at radius 2 is 2.24 bits per heavy atom. The van der Waals surface area contributed by atoms with Gasteiger partial charge in [-0.3, -0.25) is 9.89 Å². The second-order valence-electron chi connectivity index (χ2n) is 6.27. The van der Waals surface area contributed by atoms with Crippen molar-refractivity contribution in [1.29, 1.82) is 0 Å². The van der Waals surface area contributed by atoms with E-state index >= 15 is 0 Å². The zero-order chi connectivity index (χ0) is 17.6. The second-order valence-corrected chi connectivity index (χ2v) is 6.68. The summed E-state index contributed by atoms with van der Waals surface area (Å²) < 4.78 is 13.8. The highest BCUT2D eigenvalue weighted by atomic mass is 35.5. The molecule has 128 valence electrons. The maximum atomic E-state index is 13.8. The first kappa shape index (κ1) is 16.0. The van der Waals surface area contributed by atoms with Gasteiger partial charge in [-0.05, 0) is 43.5 Å². The smallest absolute Gasteiger partial charge is 0.255 e. The lowest BCUT2D eigenvalue weighted by Crippen LogP contribution is -2.30. The molecule has 1 aliphatic rings. The SMILES string of the molecule is Cc1[nH]nc2ncc(C(=O)N3CCC[C@@H]3c3ccc(Cl)c(F)c3)cc12. The molecule has 1 fully saturated rings. The van der Waals surface area contributed by atoms with Gasteiger partial charge in [-0.2, -0.15) is 5.10 Å². The third kappa shape index (κ3) is 2.76. The molecule has 1 N–H and O–H groups in total. The van der Waals surface area contributed by atoms with Crippen LogP contribution in [0.1, 0.15) is 40.5 Å². The summed E-state index contributed by atoms with van der Waals surface area (Å²) >= 11 is 5.77. The Bertz CT molecular complexity index is 971. The molecule has 4 rings (SSSR count). The number of likely N-dealkylation sites (tertiary alicyclic amines) is 1. The minimum Gasteiger partial charge on any atom is -0.332 e. The number of H-pyrrole nitrogens is 1. The first-order valence-corrected chi connectivity index (χ1v) is 8.49. The molecule has 0 radical (unpaired) electrons. The molecule has 7 heteroatoms.